The van der Waals surface area contributed by atoms with Gasteiger partial charge in [0.15, 0.2) is 0 Å². The smallest absolute Gasteiger partial charge is 0.264 e. The maximum atomic E-state index is 13.0. The normalized spacial score (nSPS) is 19.9. The molecular formula is C23H28N4O3S. The second-order valence-electron chi connectivity index (χ2n) is 8.12. The number of hydrogen-bond acceptors (Lipinski definition) is 5. The van der Waals surface area contributed by atoms with Crippen molar-refractivity contribution in [3.63, 3.8) is 0 Å². The second kappa shape index (κ2) is 9.62. The highest BCUT2D eigenvalue weighted by Crippen LogP contribution is 2.18. The van der Waals surface area contributed by atoms with Crippen LogP contribution in [0.2, 0.25) is 0 Å². The van der Waals surface area contributed by atoms with Gasteiger partial charge in [-0.1, -0.05) is 35.9 Å². The summed E-state index contributed by atoms with van der Waals surface area (Å²) in [6, 6.07) is 11.5. The molecule has 3 amide bonds. The Morgan fingerprint density at radius 2 is 1.74 bits per heavy atom. The maximum Gasteiger partial charge on any atom is 0.264 e. The van der Waals surface area contributed by atoms with Crippen LogP contribution in [-0.4, -0.2) is 77.7 Å². The minimum absolute atomic E-state index is 0.0260. The van der Waals surface area contributed by atoms with E-state index < -0.39 is 6.04 Å². The van der Waals surface area contributed by atoms with E-state index in [2.05, 4.69) is 34.5 Å². The predicted molar refractivity (Wildman–Crippen MR) is 120 cm³/mol. The van der Waals surface area contributed by atoms with Crippen molar-refractivity contribution in [2.75, 3.05) is 39.3 Å². The van der Waals surface area contributed by atoms with E-state index in [9.17, 15) is 14.4 Å². The topological polar surface area (TPSA) is 73.0 Å². The third kappa shape index (κ3) is 5.14. The zero-order chi connectivity index (χ0) is 21.8. The van der Waals surface area contributed by atoms with Crippen LogP contribution in [0.5, 0.6) is 0 Å². The summed E-state index contributed by atoms with van der Waals surface area (Å²) < 4.78 is 0. The molecule has 1 atom stereocenters. The molecule has 0 bridgehead atoms. The molecule has 31 heavy (non-hydrogen) atoms. The Kier molecular flexibility index (Phi) is 6.67. The van der Waals surface area contributed by atoms with Crippen LogP contribution < -0.4 is 5.32 Å². The monoisotopic (exact) mass is 440 g/mol. The summed E-state index contributed by atoms with van der Waals surface area (Å²) >= 11 is 1.44. The molecule has 2 saturated heterocycles. The molecule has 0 aliphatic carbocycles. The predicted octanol–water partition coefficient (Wildman–Crippen LogP) is 1.73. The lowest BCUT2D eigenvalue weighted by atomic mass is 10.1. The molecule has 1 N–H and O–H groups in total. The molecule has 2 aliphatic rings. The SMILES string of the molecule is Cc1ccc(CN2CCNC(=O)C2CC(=O)N2CCN(C(=O)c3cccs3)CC2)cc1. The van der Waals surface area contributed by atoms with Gasteiger partial charge in [-0.15, -0.1) is 11.3 Å². The van der Waals surface area contributed by atoms with Crippen LogP contribution in [0.4, 0.5) is 0 Å². The van der Waals surface area contributed by atoms with Crippen molar-refractivity contribution < 1.29 is 14.4 Å². The lowest BCUT2D eigenvalue weighted by Gasteiger charge is -2.38. The summed E-state index contributed by atoms with van der Waals surface area (Å²) in [5, 5.41) is 4.79. The number of aryl methyl sites for hydroxylation is 1. The zero-order valence-corrected chi connectivity index (χ0v) is 18.6. The van der Waals surface area contributed by atoms with E-state index in [-0.39, 0.29) is 24.1 Å². The maximum absolute atomic E-state index is 13.0. The van der Waals surface area contributed by atoms with Gasteiger partial charge < -0.3 is 15.1 Å². The first kappa shape index (κ1) is 21.5. The minimum Gasteiger partial charge on any atom is -0.353 e. The van der Waals surface area contributed by atoms with E-state index in [1.54, 1.807) is 9.80 Å². The van der Waals surface area contributed by atoms with E-state index in [1.807, 2.05) is 24.4 Å². The standard InChI is InChI=1S/C23H28N4O3S/c1-17-4-6-18(7-5-17)16-27-9-8-24-22(29)19(27)15-21(28)25-10-12-26(13-11-25)23(30)20-3-2-14-31-20/h2-7,14,19H,8-13,15-16H2,1H3,(H,24,29). The molecule has 8 heteroatoms. The Hall–Kier alpha value is -2.71. The highest BCUT2D eigenvalue weighted by molar-refractivity contribution is 7.12. The molecule has 2 aromatic rings. The van der Waals surface area contributed by atoms with Crippen molar-refractivity contribution in [1.82, 2.24) is 20.0 Å². The summed E-state index contributed by atoms with van der Waals surface area (Å²) in [6.07, 6.45) is 0.163. The van der Waals surface area contributed by atoms with Crippen molar-refractivity contribution in [3.05, 3.63) is 57.8 Å². The highest BCUT2D eigenvalue weighted by Gasteiger charge is 2.34. The number of amides is 3. The molecule has 4 rings (SSSR count). The number of carbonyl (C=O) groups is 3. The van der Waals surface area contributed by atoms with Crippen molar-refractivity contribution in [1.29, 1.82) is 0 Å². The van der Waals surface area contributed by atoms with Gasteiger partial charge in [-0.3, -0.25) is 19.3 Å². The summed E-state index contributed by atoms with van der Waals surface area (Å²) in [7, 11) is 0. The summed E-state index contributed by atoms with van der Waals surface area (Å²) in [5.41, 5.74) is 2.34. The van der Waals surface area contributed by atoms with Gasteiger partial charge in [0.2, 0.25) is 11.8 Å². The molecule has 2 fully saturated rings. The Morgan fingerprint density at radius 1 is 1.03 bits per heavy atom. The quantitative estimate of drug-likeness (QED) is 0.769. The number of hydrogen-bond donors (Lipinski definition) is 1. The number of nitrogens with one attached hydrogen (secondary N) is 1. The second-order valence-corrected chi connectivity index (χ2v) is 9.07. The third-order valence-corrected chi connectivity index (χ3v) is 6.83. The number of piperazine rings is 2. The Balaban J connectivity index is 1.34. The summed E-state index contributed by atoms with van der Waals surface area (Å²) in [4.78, 5) is 44.5. The van der Waals surface area contributed by atoms with E-state index in [4.69, 9.17) is 0 Å². The van der Waals surface area contributed by atoms with Crippen LogP contribution in [0.1, 0.15) is 27.2 Å². The average Bonchev–Trinajstić information content (AvgIpc) is 3.32. The number of rotatable bonds is 5. The van der Waals surface area contributed by atoms with Crippen LogP contribution in [0, 0.1) is 6.92 Å². The van der Waals surface area contributed by atoms with Crippen LogP contribution in [0.3, 0.4) is 0 Å². The molecular weight excluding hydrogens is 412 g/mol. The van der Waals surface area contributed by atoms with Gasteiger partial charge >= 0.3 is 0 Å². The molecule has 1 aromatic carbocycles. The van der Waals surface area contributed by atoms with Crippen molar-refractivity contribution in [2.45, 2.75) is 25.9 Å². The lowest BCUT2D eigenvalue weighted by molar-refractivity contribution is -0.140. The zero-order valence-electron chi connectivity index (χ0n) is 17.8. The van der Waals surface area contributed by atoms with Gasteiger partial charge in [-0.25, -0.2) is 0 Å². The highest BCUT2D eigenvalue weighted by atomic mass is 32.1. The first-order valence-electron chi connectivity index (χ1n) is 10.7. The van der Waals surface area contributed by atoms with E-state index in [1.165, 1.54) is 16.9 Å². The summed E-state index contributed by atoms with van der Waals surface area (Å²) in [6.45, 7) is 6.06. The fourth-order valence-corrected chi connectivity index (χ4v) is 4.80. The van der Waals surface area contributed by atoms with Crippen molar-refractivity contribution >= 4 is 29.1 Å². The molecule has 0 radical (unpaired) electrons. The van der Waals surface area contributed by atoms with Crippen LogP contribution in [0.15, 0.2) is 41.8 Å². The fraction of sp³-hybridized carbons (Fsp3) is 0.435. The van der Waals surface area contributed by atoms with Gasteiger partial charge in [0, 0.05) is 45.8 Å². The first-order chi connectivity index (χ1) is 15.0. The van der Waals surface area contributed by atoms with Crippen LogP contribution >= 0.6 is 11.3 Å². The van der Waals surface area contributed by atoms with E-state index in [0.29, 0.717) is 39.3 Å². The largest absolute Gasteiger partial charge is 0.353 e. The molecule has 3 heterocycles. The van der Waals surface area contributed by atoms with Crippen LogP contribution in [0.25, 0.3) is 0 Å². The molecule has 2 aliphatic heterocycles. The summed E-state index contributed by atoms with van der Waals surface area (Å²) in [5.74, 6) is -0.0876. The Bertz CT molecular complexity index is 921. The molecule has 7 nitrogen and oxygen atoms in total. The lowest BCUT2D eigenvalue weighted by Crippen LogP contribution is -2.57. The van der Waals surface area contributed by atoms with Crippen LogP contribution in [-0.2, 0) is 16.1 Å². The molecule has 1 aromatic heterocycles. The van der Waals surface area contributed by atoms with Gasteiger partial charge in [0.05, 0.1) is 17.3 Å². The number of carbonyl (C=O) groups excluding carboxylic acids is 3. The van der Waals surface area contributed by atoms with Gasteiger partial charge in [0.25, 0.3) is 5.91 Å². The fourth-order valence-electron chi connectivity index (χ4n) is 4.11. The van der Waals surface area contributed by atoms with E-state index >= 15 is 0 Å². The van der Waals surface area contributed by atoms with Gasteiger partial charge in [0.1, 0.15) is 0 Å². The minimum atomic E-state index is -0.465. The Labute approximate surface area is 186 Å². The molecule has 1 unspecified atom stereocenters. The number of benzene rings is 1. The van der Waals surface area contributed by atoms with Crippen molar-refractivity contribution in [3.8, 4) is 0 Å². The molecule has 0 spiro atoms. The van der Waals surface area contributed by atoms with Gasteiger partial charge in [-0.2, -0.15) is 0 Å². The Morgan fingerprint density at radius 3 is 2.42 bits per heavy atom. The molecule has 164 valence electrons. The number of thiophene rings is 1. The van der Waals surface area contributed by atoms with E-state index in [0.717, 1.165) is 17.0 Å². The molecule has 0 saturated carbocycles. The average molecular weight is 441 g/mol. The first-order valence-corrected chi connectivity index (χ1v) is 11.6. The van der Waals surface area contributed by atoms with Gasteiger partial charge in [-0.05, 0) is 23.9 Å². The third-order valence-electron chi connectivity index (χ3n) is 5.97. The number of nitrogens with zero attached hydrogens (tertiary/aromatic N) is 3. The van der Waals surface area contributed by atoms with Crippen molar-refractivity contribution in [2.24, 2.45) is 0 Å².